The van der Waals surface area contributed by atoms with Crippen LogP contribution >= 0.6 is 11.8 Å². The molecule has 0 unspecified atom stereocenters. The van der Waals surface area contributed by atoms with Crippen molar-refractivity contribution in [2.24, 2.45) is 0 Å². The average molecular weight is 354 g/mol. The van der Waals surface area contributed by atoms with Crippen molar-refractivity contribution in [1.29, 1.82) is 0 Å². The third kappa shape index (κ3) is 4.09. The molecule has 0 atom stereocenters. The summed E-state index contributed by atoms with van der Waals surface area (Å²) in [5.74, 6) is 0.975. The first-order valence-electron chi connectivity index (χ1n) is 7.78. The molecule has 0 fully saturated rings. The van der Waals surface area contributed by atoms with Crippen molar-refractivity contribution >= 4 is 17.7 Å². The maximum Gasteiger partial charge on any atom is 0.373 e. The Labute approximate surface area is 150 Å². The van der Waals surface area contributed by atoms with E-state index in [1.165, 1.54) is 30.0 Å². The highest BCUT2D eigenvalue weighted by Gasteiger charge is 2.11. The zero-order chi connectivity index (χ0) is 17.8. The number of furan rings is 1. The standard InChI is InChI=1S/C19H18N2O3S/c1-12-4-5-13(2)15(10-12)16-7-9-18(21-20-16)25-11-14-6-8-17(24-14)19(22)23-3/h4-10H,11H2,1-3H3. The molecule has 25 heavy (non-hydrogen) atoms. The summed E-state index contributed by atoms with van der Waals surface area (Å²) in [4.78, 5) is 11.4. The summed E-state index contributed by atoms with van der Waals surface area (Å²) in [6.07, 6.45) is 0. The lowest BCUT2D eigenvalue weighted by atomic mass is 10.0. The fraction of sp³-hybridized carbons (Fsp3) is 0.211. The lowest BCUT2D eigenvalue weighted by molar-refractivity contribution is 0.0563. The number of carbonyl (C=O) groups is 1. The topological polar surface area (TPSA) is 65.2 Å². The van der Waals surface area contributed by atoms with E-state index in [1.54, 1.807) is 12.1 Å². The number of aryl methyl sites for hydroxylation is 2. The van der Waals surface area contributed by atoms with Gasteiger partial charge >= 0.3 is 5.97 Å². The van der Waals surface area contributed by atoms with Crippen LogP contribution in [0.3, 0.4) is 0 Å². The average Bonchev–Trinajstić information content (AvgIpc) is 3.11. The van der Waals surface area contributed by atoms with Gasteiger partial charge in [-0.3, -0.25) is 0 Å². The lowest BCUT2D eigenvalue weighted by Crippen LogP contribution is -1.98. The number of ether oxygens (including phenoxy) is 1. The molecule has 5 nitrogen and oxygen atoms in total. The van der Waals surface area contributed by atoms with Crippen LogP contribution in [0.2, 0.25) is 0 Å². The van der Waals surface area contributed by atoms with Crippen molar-refractivity contribution in [2.45, 2.75) is 24.6 Å². The molecule has 0 bridgehead atoms. The van der Waals surface area contributed by atoms with E-state index in [2.05, 4.69) is 47.0 Å². The zero-order valence-electron chi connectivity index (χ0n) is 14.3. The highest BCUT2D eigenvalue weighted by atomic mass is 32.2. The normalized spacial score (nSPS) is 10.7. The molecule has 0 radical (unpaired) electrons. The quantitative estimate of drug-likeness (QED) is 0.499. The van der Waals surface area contributed by atoms with Gasteiger partial charge in [-0.2, -0.15) is 0 Å². The Balaban J connectivity index is 1.68. The van der Waals surface area contributed by atoms with E-state index in [1.807, 2.05) is 12.1 Å². The Morgan fingerprint density at radius 2 is 1.96 bits per heavy atom. The number of carbonyl (C=O) groups excluding carboxylic acids is 1. The summed E-state index contributed by atoms with van der Waals surface area (Å²) in [6.45, 7) is 4.13. The van der Waals surface area contributed by atoms with Gasteiger partial charge < -0.3 is 9.15 Å². The minimum absolute atomic E-state index is 0.203. The van der Waals surface area contributed by atoms with Gasteiger partial charge in [-0.25, -0.2) is 4.79 Å². The number of thioether (sulfide) groups is 1. The first-order valence-corrected chi connectivity index (χ1v) is 8.76. The summed E-state index contributed by atoms with van der Waals surface area (Å²) in [5.41, 5.74) is 4.32. The molecule has 3 rings (SSSR count). The lowest BCUT2D eigenvalue weighted by Gasteiger charge is -2.06. The molecule has 128 valence electrons. The molecule has 1 aromatic carbocycles. The van der Waals surface area contributed by atoms with Crippen LogP contribution in [-0.2, 0) is 10.5 Å². The van der Waals surface area contributed by atoms with Crippen LogP contribution < -0.4 is 0 Å². The van der Waals surface area contributed by atoms with Crippen LogP contribution in [0, 0.1) is 13.8 Å². The van der Waals surface area contributed by atoms with Crippen molar-refractivity contribution in [3.8, 4) is 11.3 Å². The monoisotopic (exact) mass is 354 g/mol. The van der Waals surface area contributed by atoms with Crippen LogP contribution in [0.1, 0.15) is 27.4 Å². The van der Waals surface area contributed by atoms with E-state index >= 15 is 0 Å². The largest absolute Gasteiger partial charge is 0.463 e. The molecule has 0 spiro atoms. The van der Waals surface area contributed by atoms with Gasteiger partial charge in [0, 0.05) is 5.56 Å². The van der Waals surface area contributed by atoms with Gasteiger partial charge in [0.05, 0.1) is 18.6 Å². The number of methoxy groups -OCH3 is 1. The molecular weight excluding hydrogens is 336 g/mol. The van der Waals surface area contributed by atoms with Crippen LogP contribution in [0.4, 0.5) is 0 Å². The molecule has 0 amide bonds. The smallest absolute Gasteiger partial charge is 0.373 e. The minimum Gasteiger partial charge on any atom is -0.463 e. The van der Waals surface area contributed by atoms with Gasteiger partial charge in [0.15, 0.2) is 0 Å². The molecule has 0 saturated carbocycles. The number of nitrogens with zero attached hydrogens (tertiary/aromatic N) is 2. The molecule has 0 aliphatic heterocycles. The Kier molecular flexibility index (Phi) is 5.19. The first kappa shape index (κ1) is 17.2. The maximum atomic E-state index is 11.4. The van der Waals surface area contributed by atoms with E-state index in [0.29, 0.717) is 11.5 Å². The van der Waals surface area contributed by atoms with Crippen LogP contribution in [0.5, 0.6) is 0 Å². The van der Waals surface area contributed by atoms with E-state index in [4.69, 9.17) is 4.42 Å². The number of aromatic nitrogens is 2. The minimum atomic E-state index is -0.478. The molecule has 3 aromatic rings. The van der Waals surface area contributed by atoms with E-state index < -0.39 is 5.97 Å². The summed E-state index contributed by atoms with van der Waals surface area (Å²) >= 11 is 1.50. The highest BCUT2D eigenvalue weighted by molar-refractivity contribution is 7.98. The third-order valence-electron chi connectivity index (χ3n) is 3.72. The van der Waals surface area contributed by atoms with Crippen molar-refractivity contribution in [3.63, 3.8) is 0 Å². The first-order chi connectivity index (χ1) is 12.1. The molecule has 0 N–H and O–H groups in total. The summed E-state index contributed by atoms with van der Waals surface area (Å²) in [7, 11) is 1.33. The van der Waals surface area contributed by atoms with Crippen molar-refractivity contribution in [2.75, 3.05) is 7.11 Å². The van der Waals surface area contributed by atoms with Gasteiger partial charge in [0.2, 0.25) is 5.76 Å². The fourth-order valence-electron chi connectivity index (χ4n) is 2.36. The van der Waals surface area contributed by atoms with E-state index in [0.717, 1.165) is 16.3 Å². The molecule has 0 saturated heterocycles. The highest BCUT2D eigenvalue weighted by Crippen LogP contribution is 2.26. The molecule has 0 aliphatic rings. The van der Waals surface area contributed by atoms with E-state index in [9.17, 15) is 4.79 Å². The molecule has 2 aromatic heterocycles. The Hall–Kier alpha value is -2.60. The van der Waals surface area contributed by atoms with Crippen LogP contribution in [-0.4, -0.2) is 23.3 Å². The van der Waals surface area contributed by atoms with Gasteiger partial charge in [0.1, 0.15) is 10.8 Å². The van der Waals surface area contributed by atoms with E-state index in [-0.39, 0.29) is 5.76 Å². The second kappa shape index (κ2) is 7.53. The predicted octanol–water partition coefficient (Wildman–Crippen LogP) is 4.43. The van der Waals surface area contributed by atoms with Crippen LogP contribution in [0.25, 0.3) is 11.3 Å². The molecule has 6 heteroatoms. The number of hydrogen-bond donors (Lipinski definition) is 0. The van der Waals surface area contributed by atoms with Crippen molar-refractivity contribution < 1.29 is 13.9 Å². The summed E-state index contributed by atoms with van der Waals surface area (Å²) in [5, 5.41) is 9.41. The van der Waals surface area contributed by atoms with Gasteiger partial charge in [-0.15, -0.1) is 10.2 Å². The number of esters is 1. The molecular formula is C19H18N2O3S. The second-order valence-electron chi connectivity index (χ2n) is 5.62. The number of benzene rings is 1. The molecule has 2 heterocycles. The third-order valence-corrected chi connectivity index (χ3v) is 4.66. The fourth-order valence-corrected chi connectivity index (χ4v) is 3.07. The molecule has 0 aliphatic carbocycles. The van der Waals surface area contributed by atoms with Crippen molar-refractivity contribution in [1.82, 2.24) is 10.2 Å². The maximum absolute atomic E-state index is 11.4. The number of rotatable bonds is 5. The SMILES string of the molecule is COC(=O)c1ccc(CSc2ccc(-c3cc(C)ccc3C)nn2)o1. The summed E-state index contributed by atoms with van der Waals surface area (Å²) in [6, 6.07) is 13.6. The predicted molar refractivity (Wildman–Crippen MR) is 96.6 cm³/mol. The Morgan fingerprint density at radius 3 is 2.68 bits per heavy atom. The van der Waals surface area contributed by atoms with Gasteiger partial charge in [-0.05, 0) is 49.7 Å². The number of hydrogen-bond acceptors (Lipinski definition) is 6. The van der Waals surface area contributed by atoms with Gasteiger partial charge in [-0.1, -0.05) is 29.5 Å². The Bertz CT molecular complexity index is 888. The van der Waals surface area contributed by atoms with Gasteiger partial charge in [0.25, 0.3) is 0 Å². The second-order valence-corrected chi connectivity index (χ2v) is 6.62. The summed E-state index contributed by atoms with van der Waals surface area (Å²) < 4.78 is 10.1. The Morgan fingerprint density at radius 1 is 1.12 bits per heavy atom. The van der Waals surface area contributed by atoms with Crippen LogP contribution in [0.15, 0.2) is 51.9 Å². The van der Waals surface area contributed by atoms with Crippen molar-refractivity contribution in [3.05, 3.63) is 65.1 Å². The zero-order valence-corrected chi connectivity index (χ0v) is 15.1.